The van der Waals surface area contributed by atoms with Crippen molar-refractivity contribution >= 4 is 21.8 Å². The predicted octanol–water partition coefficient (Wildman–Crippen LogP) is 2.31. The number of carbonyl (C=O) groups excluding carboxylic acids is 1. The highest BCUT2D eigenvalue weighted by Gasteiger charge is 2.29. The number of halogens is 1. The molecule has 2 unspecified atom stereocenters. The van der Waals surface area contributed by atoms with E-state index in [9.17, 15) is 4.79 Å². The summed E-state index contributed by atoms with van der Waals surface area (Å²) in [6.45, 7) is 3.24. The monoisotopic (exact) mass is 297 g/mol. The average Bonchev–Trinajstić information content (AvgIpc) is 2.79. The number of amides is 1. The predicted molar refractivity (Wildman–Crippen MR) is 70.6 cm³/mol. The molecule has 2 rings (SSSR count). The molecule has 0 saturated heterocycles. The number of benzene rings is 1. The first kappa shape index (κ1) is 12.4. The first-order valence-corrected chi connectivity index (χ1v) is 6.90. The molecule has 1 aromatic carbocycles. The van der Waals surface area contributed by atoms with Gasteiger partial charge in [0.05, 0.1) is 0 Å². The Morgan fingerprint density at radius 3 is 3.12 bits per heavy atom. The summed E-state index contributed by atoms with van der Waals surface area (Å²) < 4.78 is 5.50. The molecular weight excluding hydrogens is 282 g/mol. The van der Waals surface area contributed by atoms with Crippen LogP contribution in [0.15, 0.2) is 24.3 Å². The Bertz CT molecular complexity index is 408. The van der Waals surface area contributed by atoms with Gasteiger partial charge in [-0.2, -0.15) is 0 Å². The van der Waals surface area contributed by atoms with Crippen LogP contribution in [0.1, 0.15) is 18.4 Å². The van der Waals surface area contributed by atoms with E-state index in [4.69, 9.17) is 4.74 Å². The van der Waals surface area contributed by atoms with Crippen LogP contribution in [0.25, 0.3) is 0 Å². The highest BCUT2D eigenvalue weighted by Crippen LogP contribution is 2.33. The Hall–Kier alpha value is -1.03. The fourth-order valence-electron chi connectivity index (χ4n) is 1.83. The molecule has 0 saturated carbocycles. The van der Waals surface area contributed by atoms with E-state index in [2.05, 4.69) is 28.2 Å². The number of hydrogen-bond donors (Lipinski definition) is 1. The van der Waals surface area contributed by atoms with E-state index in [-0.39, 0.29) is 11.8 Å². The van der Waals surface area contributed by atoms with Crippen molar-refractivity contribution in [3.05, 3.63) is 29.8 Å². The van der Waals surface area contributed by atoms with E-state index in [1.54, 1.807) is 0 Å². The highest BCUT2D eigenvalue weighted by molar-refractivity contribution is 9.09. The number of carbonyl (C=O) groups is 1. The summed E-state index contributed by atoms with van der Waals surface area (Å²) >= 11 is 3.40. The van der Waals surface area contributed by atoms with Gasteiger partial charge in [0.2, 0.25) is 5.91 Å². The maximum Gasteiger partial charge on any atom is 0.231 e. The van der Waals surface area contributed by atoms with Crippen molar-refractivity contribution in [1.82, 2.24) is 5.32 Å². The van der Waals surface area contributed by atoms with Crippen molar-refractivity contribution in [2.45, 2.75) is 12.8 Å². The first-order valence-electron chi connectivity index (χ1n) is 5.77. The van der Waals surface area contributed by atoms with Crippen molar-refractivity contribution in [3.63, 3.8) is 0 Å². The van der Waals surface area contributed by atoms with Crippen LogP contribution < -0.4 is 10.1 Å². The summed E-state index contributed by atoms with van der Waals surface area (Å²) in [6, 6.07) is 7.73. The number of fused-ring (bicyclic) bond motifs is 1. The van der Waals surface area contributed by atoms with Gasteiger partial charge in [-0.05, 0) is 12.0 Å². The SMILES string of the molecule is CC(CBr)CNC(=O)C1COc2ccccc21. The smallest absolute Gasteiger partial charge is 0.231 e. The molecule has 0 fully saturated rings. The van der Waals surface area contributed by atoms with E-state index in [1.165, 1.54) is 0 Å². The molecule has 2 atom stereocenters. The third kappa shape index (κ3) is 2.80. The zero-order valence-corrected chi connectivity index (χ0v) is 11.4. The zero-order valence-electron chi connectivity index (χ0n) is 9.78. The van der Waals surface area contributed by atoms with Gasteiger partial charge in [0, 0.05) is 17.4 Å². The lowest BCUT2D eigenvalue weighted by Gasteiger charge is -2.12. The Morgan fingerprint density at radius 1 is 1.59 bits per heavy atom. The number of ether oxygens (including phenoxy) is 1. The maximum absolute atomic E-state index is 12.0. The number of para-hydroxylation sites is 1. The molecule has 0 spiro atoms. The number of alkyl halides is 1. The fourth-order valence-corrected chi connectivity index (χ4v) is 2.06. The lowest BCUT2D eigenvalue weighted by atomic mass is 10.0. The minimum atomic E-state index is -0.159. The Kier molecular flexibility index (Phi) is 4.05. The van der Waals surface area contributed by atoms with Crippen molar-refractivity contribution in [2.24, 2.45) is 5.92 Å². The van der Waals surface area contributed by atoms with Crippen LogP contribution in [0.2, 0.25) is 0 Å². The minimum Gasteiger partial charge on any atom is -0.492 e. The van der Waals surface area contributed by atoms with Crippen LogP contribution in [0.4, 0.5) is 0 Å². The molecule has 17 heavy (non-hydrogen) atoms. The molecule has 0 radical (unpaired) electrons. The van der Waals surface area contributed by atoms with Crippen LogP contribution in [0.5, 0.6) is 5.75 Å². The van der Waals surface area contributed by atoms with E-state index >= 15 is 0 Å². The topological polar surface area (TPSA) is 38.3 Å². The summed E-state index contributed by atoms with van der Waals surface area (Å²) in [5, 5.41) is 3.86. The zero-order chi connectivity index (χ0) is 12.3. The second kappa shape index (κ2) is 5.54. The molecule has 1 aromatic rings. The normalized spacial score (nSPS) is 19.3. The largest absolute Gasteiger partial charge is 0.492 e. The highest BCUT2D eigenvalue weighted by atomic mass is 79.9. The van der Waals surface area contributed by atoms with Gasteiger partial charge in [-0.3, -0.25) is 4.79 Å². The molecule has 0 bridgehead atoms. The van der Waals surface area contributed by atoms with Gasteiger partial charge in [0.1, 0.15) is 18.3 Å². The van der Waals surface area contributed by atoms with Gasteiger partial charge in [-0.25, -0.2) is 0 Å². The van der Waals surface area contributed by atoms with Crippen molar-refractivity contribution in [1.29, 1.82) is 0 Å². The molecule has 0 aliphatic carbocycles. The standard InChI is InChI=1S/C13H16BrNO2/c1-9(6-14)7-15-13(16)11-8-17-12-5-3-2-4-10(11)12/h2-5,9,11H,6-8H2,1H3,(H,15,16). The lowest BCUT2D eigenvalue weighted by molar-refractivity contribution is -0.122. The van der Waals surface area contributed by atoms with Crippen molar-refractivity contribution in [2.75, 3.05) is 18.5 Å². The summed E-state index contributed by atoms with van der Waals surface area (Å²) in [5.41, 5.74) is 0.997. The van der Waals surface area contributed by atoms with Crippen LogP contribution in [-0.2, 0) is 4.79 Å². The molecule has 4 heteroatoms. The fraction of sp³-hybridized carbons (Fsp3) is 0.462. The van der Waals surface area contributed by atoms with E-state index in [1.807, 2.05) is 24.3 Å². The van der Waals surface area contributed by atoms with Crippen LogP contribution >= 0.6 is 15.9 Å². The summed E-state index contributed by atoms with van der Waals surface area (Å²) in [5.74, 6) is 1.18. The second-order valence-electron chi connectivity index (χ2n) is 4.41. The quantitative estimate of drug-likeness (QED) is 0.866. The second-order valence-corrected chi connectivity index (χ2v) is 5.05. The molecule has 3 nitrogen and oxygen atoms in total. The van der Waals surface area contributed by atoms with Crippen LogP contribution in [0.3, 0.4) is 0 Å². The average molecular weight is 298 g/mol. The summed E-state index contributed by atoms with van der Waals surface area (Å²) in [7, 11) is 0. The molecule has 0 aromatic heterocycles. The van der Waals surface area contributed by atoms with Gasteiger partial charge in [-0.1, -0.05) is 41.1 Å². The number of hydrogen-bond acceptors (Lipinski definition) is 2. The third-order valence-electron chi connectivity index (χ3n) is 2.90. The molecule has 92 valence electrons. The van der Waals surface area contributed by atoms with E-state index in [0.29, 0.717) is 19.1 Å². The molecule has 1 N–H and O–H groups in total. The lowest BCUT2D eigenvalue weighted by Crippen LogP contribution is -2.33. The van der Waals surface area contributed by atoms with Crippen molar-refractivity contribution < 1.29 is 9.53 Å². The molecule has 1 amide bonds. The first-order chi connectivity index (χ1) is 8.22. The number of nitrogens with one attached hydrogen (secondary N) is 1. The maximum atomic E-state index is 12.0. The molecule has 1 aliphatic rings. The molecular formula is C13H16BrNO2. The van der Waals surface area contributed by atoms with Gasteiger partial charge in [-0.15, -0.1) is 0 Å². The third-order valence-corrected chi connectivity index (χ3v) is 4.01. The summed E-state index contributed by atoms with van der Waals surface area (Å²) in [6.07, 6.45) is 0. The number of rotatable bonds is 4. The van der Waals surface area contributed by atoms with Crippen LogP contribution in [0, 0.1) is 5.92 Å². The molecule has 1 aliphatic heterocycles. The van der Waals surface area contributed by atoms with Gasteiger partial charge < -0.3 is 10.1 Å². The van der Waals surface area contributed by atoms with E-state index in [0.717, 1.165) is 16.6 Å². The van der Waals surface area contributed by atoms with Gasteiger partial charge in [0.25, 0.3) is 0 Å². The van der Waals surface area contributed by atoms with Crippen LogP contribution in [-0.4, -0.2) is 24.4 Å². The Labute approximate surface area is 110 Å². The van der Waals surface area contributed by atoms with Crippen molar-refractivity contribution in [3.8, 4) is 5.75 Å². The van der Waals surface area contributed by atoms with Gasteiger partial charge in [0.15, 0.2) is 0 Å². The van der Waals surface area contributed by atoms with E-state index < -0.39 is 0 Å². The minimum absolute atomic E-state index is 0.0581. The Morgan fingerprint density at radius 2 is 2.35 bits per heavy atom. The molecule has 1 heterocycles. The van der Waals surface area contributed by atoms with Gasteiger partial charge >= 0.3 is 0 Å². The Balaban J connectivity index is 1.98. The summed E-state index contributed by atoms with van der Waals surface area (Å²) in [4.78, 5) is 12.0.